The van der Waals surface area contributed by atoms with Crippen molar-refractivity contribution in [3.8, 4) is 5.75 Å². The van der Waals surface area contributed by atoms with Crippen molar-refractivity contribution in [2.24, 2.45) is 0 Å². The van der Waals surface area contributed by atoms with Crippen LogP contribution in [-0.2, 0) is 10.1 Å². The minimum Gasteiger partial charge on any atom is -0.480 e. The molecule has 0 aliphatic rings. The Balaban J connectivity index is 2.89. The summed E-state index contributed by atoms with van der Waals surface area (Å²) in [6.07, 6.45) is -7.49. The number of benzene rings is 1. The van der Waals surface area contributed by atoms with E-state index >= 15 is 0 Å². The topological polar surface area (TPSA) is 63.6 Å². The van der Waals surface area contributed by atoms with Crippen molar-refractivity contribution >= 4 is 10.1 Å². The molecule has 0 aliphatic carbocycles. The minimum atomic E-state index is -4.89. The van der Waals surface area contributed by atoms with E-state index in [4.69, 9.17) is 4.55 Å². The van der Waals surface area contributed by atoms with Gasteiger partial charge in [0, 0.05) is 0 Å². The van der Waals surface area contributed by atoms with Gasteiger partial charge in [-0.2, -0.15) is 21.6 Å². The SMILES string of the molecule is Cc1ccc(OC(CS(=O)(=O)O)C(F)(F)F)cc1. The Morgan fingerprint density at radius 1 is 1.28 bits per heavy atom. The van der Waals surface area contributed by atoms with Crippen molar-refractivity contribution in [1.82, 2.24) is 0 Å². The van der Waals surface area contributed by atoms with E-state index in [1.54, 1.807) is 6.92 Å². The van der Waals surface area contributed by atoms with Crippen LogP contribution in [0.5, 0.6) is 5.75 Å². The maximum Gasteiger partial charge on any atom is 0.426 e. The lowest BCUT2D eigenvalue weighted by molar-refractivity contribution is -0.188. The summed E-state index contributed by atoms with van der Waals surface area (Å²) >= 11 is 0. The van der Waals surface area contributed by atoms with Crippen LogP contribution in [0.15, 0.2) is 24.3 Å². The van der Waals surface area contributed by atoms with E-state index in [9.17, 15) is 21.6 Å². The molecule has 0 aromatic heterocycles. The molecule has 0 fully saturated rings. The molecule has 0 spiro atoms. The van der Waals surface area contributed by atoms with Gasteiger partial charge in [-0.15, -0.1) is 0 Å². The second kappa shape index (κ2) is 5.15. The highest BCUT2D eigenvalue weighted by Crippen LogP contribution is 2.26. The molecule has 4 nitrogen and oxygen atoms in total. The zero-order chi connectivity index (χ0) is 14.0. The van der Waals surface area contributed by atoms with Crippen LogP contribution in [-0.4, -0.2) is 31.0 Å². The van der Waals surface area contributed by atoms with Gasteiger partial charge < -0.3 is 4.74 Å². The summed E-state index contributed by atoms with van der Waals surface area (Å²) < 4.78 is 71.6. The summed E-state index contributed by atoms with van der Waals surface area (Å²) in [6, 6.07) is 5.63. The summed E-state index contributed by atoms with van der Waals surface area (Å²) in [5.41, 5.74) is 0.820. The Labute approximate surface area is 102 Å². The summed E-state index contributed by atoms with van der Waals surface area (Å²) in [7, 11) is -4.78. The van der Waals surface area contributed by atoms with E-state index in [1.807, 2.05) is 0 Å². The Bertz CT molecular complexity index is 493. The van der Waals surface area contributed by atoms with Crippen LogP contribution in [0.25, 0.3) is 0 Å². The van der Waals surface area contributed by atoms with Crippen LogP contribution in [0.3, 0.4) is 0 Å². The Hall–Kier alpha value is -1.28. The highest BCUT2D eigenvalue weighted by Gasteiger charge is 2.44. The molecule has 0 radical (unpaired) electrons. The van der Waals surface area contributed by atoms with Crippen LogP contribution in [0, 0.1) is 6.92 Å². The smallest absolute Gasteiger partial charge is 0.426 e. The van der Waals surface area contributed by atoms with Crippen LogP contribution in [0.2, 0.25) is 0 Å². The van der Waals surface area contributed by atoms with E-state index in [0.717, 1.165) is 5.56 Å². The van der Waals surface area contributed by atoms with Crippen LogP contribution >= 0.6 is 0 Å². The fraction of sp³-hybridized carbons (Fsp3) is 0.400. The number of hydrogen-bond acceptors (Lipinski definition) is 3. The lowest BCUT2D eigenvalue weighted by atomic mass is 10.2. The predicted molar refractivity (Wildman–Crippen MR) is 58.1 cm³/mol. The normalized spacial score (nSPS) is 14.3. The molecule has 0 saturated carbocycles. The van der Waals surface area contributed by atoms with E-state index in [2.05, 4.69) is 4.74 Å². The number of aryl methyl sites for hydroxylation is 1. The van der Waals surface area contributed by atoms with Gasteiger partial charge in [-0.25, -0.2) is 0 Å². The zero-order valence-corrected chi connectivity index (χ0v) is 10.1. The molecule has 0 bridgehead atoms. The molecule has 1 rings (SSSR count). The van der Waals surface area contributed by atoms with E-state index in [-0.39, 0.29) is 5.75 Å². The molecule has 0 amide bonds. The van der Waals surface area contributed by atoms with Crippen molar-refractivity contribution < 1.29 is 30.9 Å². The third kappa shape index (κ3) is 4.92. The molecule has 0 heterocycles. The van der Waals surface area contributed by atoms with Crippen molar-refractivity contribution in [3.05, 3.63) is 29.8 Å². The second-order valence-electron chi connectivity index (χ2n) is 3.71. The fourth-order valence-electron chi connectivity index (χ4n) is 1.17. The molecular weight excluding hydrogens is 273 g/mol. The molecule has 8 heteroatoms. The van der Waals surface area contributed by atoms with Crippen molar-refractivity contribution in [3.63, 3.8) is 0 Å². The number of hydrogen-bond donors (Lipinski definition) is 1. The lowest BCUT2D eigenvalue weighted by Crippen LogP contribution is -2.40. The number of halogens is 3. The van der Waals surface area contributed by atoms with Crippen LogP contribution < -0.4 is 4.74 Å². The molecular formula is C10H11F3O4S. The first-order valence-corrected chi connectivity index (χ1v) is 6.44. The Kier molecular flexibility index (Phi) is 4.23. The molecule has 1 unspecified atom stereocenters. The number of alkyl halides is 3. The monoisotopic (exact) mass is 284 g/mol. The Morgan fingerprint density at radius 3 is 2.17 bits per heavy atom. The molecule has 1 N–H and O–H groups in total. The van der Waals surface area contributed by atoms with Gasteiger partial charge in [0.25, 0.3) is 10.1 Å². The van der Waals surface area contributed by atoms with Crippen LogP contribution in [0.1, 0.15) is 5.56 Å². The third-order valence-electron chi connectivity index (χ3n) is 2.03. The van der Waals surface area contributed by atoms with Gasteiger partial charge in [0.2, 0.25) is 6.10 Å². The highest BCUT2D eigenvalue weighted by atomic mass is 32.2. The summed E-state index contributed by atoms with van der Waals surface area (Å²) in [6.45, 7) is 1.74. The van der Waals surface area contributed by atoms with Crippen molar-refractivity contribution in [2.75, 3.05) is 5.75 Å². The van der Waals surface area contributed by atoms with Crippen molar-refractivity contribution in [2.45, 2.75) is 19.2 Å². The number of rotatable bonds is 4. The molecule has 1 atom stereocenters. The first-order valence-electron chi connectivity index (χ1n) is 4.83. The average molecular weight is 284 g/mol. The lowest BCUT2D eigenvalue weighted by Gasteiger charge is -2.20. The quantitative estimate of drug-likeness (QED) is 0.861. The van der Waals surface area contributed by atoms with Gasteiger partial charge in [0.15, 0.2) is 0 Å². The molecule has 102 valence electrons. The molecule has 0 aliphatic heterocycles. The standard InChI is InChI=1S/C10H11F3O4S/c1-7-2-4-8(5-3-7)17-9(10(11,12)13)6-18(14,15)16/h2-5,9H,6H2,1H3,(H,14,15,16). The second-order valence-corrected chi connectivity index (χ2v) is 5.21. The van der Waals surface area contributed by atoms with E-state index in [1.165, 1.54) is 24.3 Å². The number of ether oxygens (including phenoxy) is 1. The minimum absolute atomic E-state index is 0.119. The Morgan fingerprint density at radius 2 is 1.78 bits per heavy atom. The third-order valence-corrected chi connectivity index (χ3v) is 2.75. The predicted octanol–water partition coefficient (Wildman–Crippen LogP) is 2.19. The van der Waals surface area contributed by atoms with Gasteiger partial charge in [0.1, 0.15) is 11.5 Å². The van der Waals surface area contributed by atoms with Gasteiger partial charge in [-0.3, -0.25) is 4.55 Å². The first-order chi connectivity index (χ1) is 8.08. The highest BCUT2D eigenvalue weighted by molar-refractivity contribution is 7.85. The first kappa shape index (κ1) is 14.8. The summed E-state index contributed by atoms with van der Waals surface area (Å²) in [4.78, 5) is 0. The van der Waals surface area contributed by atoms with Gasteiger partial charge in [-0.1, -0.05) is 17.7 Å². The average Bonchev–Trinajstić information content (AvgIpc) is 2.17. The molecule has 18 heavy (non-hydrogen) atoms. The van der Waals surface area contributed by atoms with E-state index < -0.39 is 28.2 Å². The van der Waals surface area contributed by atoms with E-state index in [0.29, 0.717) is 0 Å². The van der Waals surface area contributed by atoms with Gasteiger partial charge in [0.05, 0.1) is 0 Å². The fourth-order valence-corrected chi connectivity index (χ4v) is 1.81. The van der Waals surface area contributed by atoms with Crippen LogP contribution in [0.4, 0.5) is 13.2 Å². The zero-order valence-electron chi connectivity index (χ0n) is 9.31. The van der Waals surface area contributed by atoms with Gasteiger partial charge >= 0.3 is 6.18 Å². The maximum absolute atomic E-state index is 12.5. The summed E-state index contributed by atoms with van der Waals surface area (Å²) in [5.74, 6) is -1.66. The summed E-state index contributed by atoms with van der Waals surface area (Å²) in [5, 5.41) is 0. The molecule has 0 saturated heterocycles. The van der Waals surface area contributed by atoms with Crippen molar-refractivity contribution in [1.29, 1.82) is 0 Å². The maximum atomic E-state index is 12.5. The van der Waals surface area contributed by atoms with Gasteiger partial charge in [-0.05, 0) is 19.1 Å². The largest absolute Gasteiger partial charge is 0.480 e. The molecule has 1 aromatic rings. The molecule has 1 aromatic carbocycles.